The minimum atomic E-state index is -1.16. The molecular weight excluding hydrogens is 258 g/mol. The Morgan fingerprint density at radius 1 is 1.50 bits per heavy atom. The van der Waals surface area contributed by atoms with Crippen LogP contribution in [0.2, 0.25) is 0 Å². The van der Waals surface area contributed by atoms with Gasteiger partial charge in [0, 0.05) is 6.04 Å². The van der Waals surface area contributed by atoms with Crippen molar-refractivity contribution in [2.45, 2.75) is 64.7 Å². The van der Waals surface area contributed by atoms with E-state index in [1.807, 2.05) is 6.92 Å². The second-order valence-corrected chi connectivity index (χ2v) is 6.37. The Morgan fingerprint density at radius 3 is 2.60 bits per heavy atom. The summed E-state index contributed by atoms with van der Waals surface area (Å²) in [5, 5.41) is 10.0. The number of nitrogens with zero attached hydrogens (tertiary/aromatic N) is 1. The summed E-state index contributed by atoms with van der Waals surface area (Å²) in [6, 6.07) is -0.297. The van der Waals surface area contributed by atoms with Crippen LogP contribution in [-0.4, -0.2) is 39.8 Å². The van der Waals surface area contributed by atoms with Crippen LogP contribution in [0.15, 0.2) is 12.7 Å². The third kappa shape index (κ3) is 4.07. The van der Waals surface area contributed by atoms with E-state index >= 15 is 0 Å². The van der Waals surface area contributed by atoms with E-state index in [-0.39, 0.29) is 12.0 Å². The minimum absolute atomic E-state index is 0.165. The molecule has 1 aliphatic heterocycles. The number of aliphatic hydroxyl groups is 1. The van der Waals surface area contributed by atoms with E-state index in [0.717, 1.165) is 4.90 Å². The number of carbonyl (C=O) groups excluding carboxylic acids is 2. The first-order valence-corrected chi connectivity index (χ1v) is 7.02. The highest BCUT2D eigenvalue weighted by molar-refractivity contribution is 5.95. The lowest BCUT2D eigenvalue weighted by molar-refractivity contribution is -0.142. The zero-order valence-electron chi connectivity index (χ0n) is 12.8. The highest BCUT2D eigenvalue weighted by Gasteiger charge is 2.40. The summed E-state index contributed by atoms with van der Waals surface area (Å²) in [4.78, 5) is 25.6. The summed E-state index contributed by atoms with van der Waals surface area (Å²) >= 11 is 0. The van der Waals surface area contributed by atoms with Gasteiger partial charge in [-0.15, -0.1) is 6.58 Å². The molecule has 0 aromatic heterocycles. The van der Waals surface area contributed by atoms with Crippen molar-refractivity contribution in [3.63, 3.8) is 0 Å². The van der Waals surface area contributed by atoms with Gasteiger partial charge in [0.2, 0.25) is 0 Å². The Morgan fingerprint density at radius 2 is 2.10 bits per heavy atom. The van der Waals surface area contributed by atoms with Crippen LogP contribution in [0.4, 0.5) is 4.79 Å². The second-order valence-electron chi connectivity index (χ2n) is 6.37. The fourth-order valence-electron chi connectivity index (χ4n) is 2.27. The molecule has 5 heteroatoms. The number of ether oxygens (including phenoxy) is 1. The molecule has 0 aromatic carbocycles. The van der Waals surface area contributed by atoms with E-state index in [9.17, 15) is 14.7 Å². The lowest BCUT2D eigenvalue weighted by atomic mass is 9.98. The van der Waals surface area contributed by atoms with Crippen LogP contribution in [0.1, 0.15) is 47.0 Å². The zero-order chi connectivity index (χ0) is 15.5. The molecule has 2 unspecified atom stereocenters. The van der Waals surface area contributed by atoms with Crippen molar-refractivity contribution in [2.75, 3.05) is 0 Å². The number of amides is 2. The van der Waals surface area contributed by atoms with Crippen LogP contribution in [0.25, 0.3) is 0 Å². The number of aliphatic hydroxyl groups excluding tert-OH is 1. The van der Waals surface area contributed by atoms with Crippen molar-refractivity contribution < 1.29 is 19.4 Å². The van der Waals surface area contributed by atoms with Gasteiger partial charge in [-0.2, -0.15) is 0 Å². The normalized spacial score (nSPS) is 27.9. The van der Waals surface area contributed by atoms with Gasteiger partial charge in [0.15, 0.2) is 0 Å². The van der Waals surface area contributed by atoms with E-state index in [0.29, 0.717) is 19.3 Å². The second kappa shape index (κ2) is 6.39. The Bertz CT molecular complexity index is 386. The van der Waals surface area contributed by atoms with Crippen LogP contribution >= 0.6 is 0 Å². The number of carbonyl (C=O) groups is 2. The Balaban J connectivity index is 3.02. The Labute approximate surface area is 120 Å². The molecule has 2 amide bonds. The van der Waals surface area contributed by atoms with Crippen LogP contribution in [0.3, 0.4) is 0 Å². The summed E-state index contributed by atoms with van der Waals surface area (Å²) in [6.45, 7) is 10.7. The third-order valence-electron chi connectivity index (χ3n) is 3.38. The van der Waals surface area contributed by atoms with E-state index < -0.39 is 23.7 Å². The van der Waals surface area contributed by atoms with Crippen LogP contribution < -0.4 is 0 Å². The Kier molecular flexibility index (Phi) is 5.34. The molecule has 1 heterocycles. The average molecular weight is 283 g/mol. The van der Waals surface area contributed by atoms with Gasteiger partial charge in [0.25, 0.3) is 5.91 Å². The molecule has 1 fully saturated rings. The maximum Gasteiger partial charge on any atom is 0.417 e. The minimum Gasteiger partial charge on any atom is -0.443 e. The third-order valence-corrected chi connectivity index (χ3v) is 3.38. The number of rotatable bonds is 2. The van der Waals surface area contributed by atoms with Gasteiger partial charge in [-0.05, 0) is 46.0 Å². The first-order chi connectivity index (χ1) is 9.17. The monoisotopic (exact) mass is 283 g/mol. The van der Waals surface area contributed by atoms with Crippen LogP contribution in [0.5, 0.6) is 0 Å². The fraction of sp³-hybridized carbons (Fsp3) is 0.733. The van der Waals surface area contributed by atoms with Gasteiger partial charge >= 0.3 is 6.09 Å². The molecular formula is C15H25NO4. The maximum absolute atomic E-state index is 12.3. The molecule has 0 aliphatic carbocycles. The first-order valence-electron chi connectivity index (χ1n) is 7.02. The SMILES string of the molecule is C=CCC1CCC(C)[C@H](O)C(=O)N1C(=O)OC(C)(C)C. The zero-order valence-corrected chi connectivity index (χ0v) is 12.8. The van der Waals surface area contributed by atoms with Crippen molar-refractivity contribution in [3.8, 4) is 0 Å². The number of hydrogen-bond donors (Lipinski definition) is 1. The molecule has 114 valence electrons. The van der Waals surface area contributed by atoms with E-state index in [1.54, 1.807) is 26.8 Å². The molecule has 1 aliphatic rings. The molecule has 1 N–H and O–H groups in total. The van der Waals surface area contributed by atoms with E-state index in [4.69, 9.17) is 4.74 Å². The Hall–Kier alpha value is -1.36. The maximum atomic E-state index is 12.3. The van der Waals surface area contributed by atoms with Gasteiger partial charge in [-0.25, -0.2) is 9.69 Å². The first kappa shape index (κ1) is 16.7. The van der Waals surface area contributed by atoms with Gasteiger partial charge in [0.1, 0.15) is 11.7 Å². The van der Waals surface area contributed by atoms with Gasteiger partial charge in [0.05, 0.1) is 0 Å². The molecule has 0 spiro atoms. The summed E-state index contributed by atoms with van der Waals surface area (Å²) in [6.07, 6.45) is 1.67. The molecule has 1 rings (SSSR count). The average Bonchev–Trinajstić information content (AvgIpc) is 2.40. The molecule has 0 bridgehead atoms. The largest absolute Gasteiger partial charge is 0.443 e. The lowest BCUT2D eigenvalue weighted by Crippen LogP contribution is -2.49. The van der Waals surface area contributed by atoms with Crippen LogP contribution in [0, 0.1) is 5.92 Å². The molecule has 0 aromatic rings. The lowest BCUT2D eigenvalue weighted by Gasteiger charge is -2.31. The van der Waals surface area contributed by atoms with Crippen molar-refractivity contribution in [1.82, 2.24) is 4.90 Å². The molecule has 0 saturated carbocycles. The highest BCUT2D eigenvalue weighted by Crippen LogP contribution is 2.26. The predicted molar refractivity (Wildman–Crippen MR) is 76.1 cm³/mol. The summed E-state index contributed by atoms with van der Waals surface area (Å²) in [5.41, 5.74) is -0.682. The van der Waals surface area contributed by atoms with Crippen LogP contribution in [-0.2, 0) is 9.53 Å². The van der Waals surface area contributed by atoms with Crippen molar-refractivity contribution in [2.24, 2.45) is 5.92 Å². The van der Waals surface area contributed by atoms with Crippen molar-refractivity contribution in [1.29, 1.82) is 0 Å². The highest BCUT2D eigenvalue weighted by atomic mass is 16.6. The molecule has 3 atom stereocenters. The quantitative estimate of drug-likeness (QED) is 0.791. The van der Waals surface area contributed by atoms with E-state index in [2.05, 4.69) is 6.58 Å². The number of likely N-dealkylation sites (tertiary alicyclic amines) is 1. The molecule has 1 saturated heterocycles. The van der Waals surface area contributed by atoms with Gasteiger partial charge in [-0.1, -0.05) is 13.0 Å². The van der Waals surface area contributed by atoms with Gasteiger partial charge < -0.3 is 9.84 Å². The summed E-state index contributed by atoms with van der Waals surface area (Å²) < 4.78 is 5.28. The fourth-order valence-corrected chi connectivity index (χ4v) is 2.27. The van der Waals surface area contributed by atoms with Gasteiger partial charge in [-0.3, -0.25) is 4.79 Å². The smallest absolute Gasteiger partial charge is 0.417 e. The standard InChI is InChI=1S/C15H25NO4/c1-6-7-11-9-8-10(2)12(17)13(18)16(11)14(19)20-15(3,4)5/h6,10-12,17H,1,7-9H2,2-5H3/t10?,11?,12-/m0/s1. The molecule has 20 heavy (non-hydrogen) atoms. The topological polar surface area (TPSA) is 66.8 Å². The summed E-state index contributed by atoms with van der Waals surface area (Å²) in [5.74, 6) is -0.738. The molecule has 5 nitrogen and oxygen atoms in total. The summed E-state index contributed by atoms with van der Waals surface area (Å²) in [7, 11) is 0. The predicted octanol–water partition coefficient (Wildman–Crippen LogP) is 2.49. The van der Waals surface area contributed by atoms with Crippen molar-refractivity contribution in [3.05, 3.63) is 12.7 Å². The number of hydrogen-bond acceptors (Lipinski definition) is 4. The number of imide groups is 1. The van der Waals surface area contributed by atoms with Crippen molar-refractivity contribution >= 4 is 12.0 Å². The molecule has 0 radical (unpaired) electrons. The van der Waals surface area contributed by atoms with E-state index in [1.165, 1.54) is 0 Å².